The van der Waals surface area contributed by atoms with Crippen LogP contribution in [0.3, 0.4) is 0 Å². The first-order chi connectivity index (χ1) is 11.8. The maximum absolute atomic E-state index is 11.5. The minimum atomic E-state index is -5.10. The minimum absolute atomic E-state index is 0.0368. The van der Waals surface area contributed by atoms with Crippen LogP contribution in [0, 0.1) is 0 Å². The number of nitrogens with one attached hydrogen (secondary N) is 1. The van der Waals surface area contributed by atoms with Crippen molar-refractivity contribution in [1.29, 1.82) is 0 Å². The number of anilines is 2. The number of nitrogen functional groups attached to an aromatic ring is 1. The molecule has 136 valence electrons. The molecule has 8 nitrogen and oxygen atoms in total. The van der Waals surface area contributed by atoms with Crippen molar-refractivity contribution in [2.45, 2.75) is 32.6 Å². The van der Waals surface area contributed by atoms with E-state index < -0.39 is 20.1 Å². The van der Waals surface area contributed by atoms with Crippen LogP contribution in [0.2, 0.25) is 0 Å². The SMILES string of the molecule is CC(=O)Nc1cccc(N)c1[As](=O)(O)OO.c1nc2c(s1)CCCC2. The summed E-state index contributed by atoms with van der Waals surface area (Å²) in [5.74, 6) is -0.430. The van der Waals surface area contributed by atoms with E-state index in [1.54, 1.807) is 0 Å². The Hall–Kier alpha value is -1.64. The molecule has 3 rings (SSSR count). The molecule has 0 saturated carbocycles. The van der Waals surface area contributed by atoms with Gasteiger partial charge in [0, 0.05) is 4.88 Å². The van der Waals surface area contributed by atoms with Gasteiger partial charge in [-0.25, -0.2) is 4.98 Å². The smallest absolute Gasteiger partial charge is 0.0797 e. The second-order valence-corrected chi connectivity index (χ2v) is 9.86. The quantitative estimate of drug-likeness (QED) is 0.250. The number of thiazole rings is 1. The molecule has 1 aromatic heterocycles. The third-order valence-corrected chi connectivity index (χ3v) is 7.20. The van der Waals surface area contributed by atoms with Gasteiger partial charge in [0.2, 0.25) is 0 Å². The number of rotatable bonds is 3. The molecule has 0 spiro atoms. The predicted molar refractivity (Wildman–Crippen MR) is 95.9 cm³/mol. The number of carbonyl (C=O) groups is 1. The average molecular weight is 429 g/mol. The molecular formula is C15H20AsN3O5S. The Labute approximate surface area is 152 Å². The van der Waals surface area contributed by atoms with Crippen LogP contribution in [-0.4, -0.2) is 34.4 Å². The molecule has 1 aromatic carbocycles. The van der Waals surface area contributed by atoms with Gasteiger partial charge in [-0.15, -0.1) is 11.3 Å². The standard InChI is InChI=1S/C8H11AsN2O5.C7H9NS/c1-5(12)11-7-4-2-3-6(10)8(7)9(13,14)16-15;1-2-4-7-6(3-1)8-5-9-7/h2-4,15H,10H2,1H3,(H,11,12)(H,13,14);5H,1-4H2. The number of fused-ring (bicyclic) bond motifs is 1. The molecule has 1 unspecified atom stereocenters. The molecule has 0 saturated heterocycles. The van der Waals surface area contributed by atoms with Crippen molar-refractivity contribution in [1.82, 2.24) is 4.98 Å². The van der Waals surface area contributed by atoms with Crippen molar-refractivity contribution in [3.05, 3.63) is 34.3 Å². The van der Waals surface area contributed by atoms with Gasteiger partial charge in [-0.3, -0.25) is 0 Å². The van der Waals surface area contributed by atoms with E-state index in [1.807, 2.05) is 16.8 Å². The third-order valence-electron chi connectivity index (χ3n) is 3.56. The van der Waals surface area contributed by atoms with Crippen LogP contribution >= 0.6 is 11.3 Å². The van der Waals surface area contributed by atoms with Crippen LogP contribution in [0.1, 0.15) is 30.3 Å². The minimum Gasteiger partial charge on any atom is -0.249 e. The number of aromatic nitrogens is 1. The van der Waals surface area contributed by atoms with E-state index in [0.29, 0.717) is 0 Å². The number of carbonyl (C=O) groups excluding carboxylic acids is 1. The Bertz CT molecular complexity index is 775. The largest absolute Gasteiger partial charge is 0.249 e. The summed E-state index contributed by atoms with van der Waals surface area (Å²) < 4.78 is 24.2. The first kappa shape index (κ1) is 19.7. The van der Waals surface area contributed by atoms with E-state index in [-0.39, 0.29) is 15.7 Å². The van der Waals surface area contributed by atoms with Crippen LogP contribution in [-0.2, 0) is 25.3 Å². The fourth-order valence-electron chi connectivity index (χ4n) is 2.49. The first-order valence-corrected chi connectivity index (χ1v) is 11.8. The van der Waals surface area contributed by atoms with Gasteiger partial charge >= 0.3 is 93.7 Å². The fourth-order valence-corrected chi connectivity index (χ4v) is 5.27. The number of benzene rings is 1. The topological polar surface area (TPSA) is 135 Å². The van der Waals surface area contributed by atoms with Crippen LogP contribution < -0.4 is 15.4 Å². The summed E-state index contributed by atoms with van der Waals surface area (Å²) in [7, 11) is 0. The van der Waals surface area contributed by atoms with Gasteiger partial charge in [0.15, 0.2) is 0 Å². The average Bonchev–Trinajstić information content (AvgIpc) is 3.03. The number of nitrogens with zero attached hydrogens (tertiary/aromatic N) is 1. The molecular weight excluding hydrogens is 409 g/mol. The van der Waals surface area contributed by atoms with Gasteiger partial charge < -0.3 is 0 Å². The Kier molecular flexibility index (Phi) is 6.80. The van der Waals surface area contributed by atoms with Gasteiger partial charge in [-0.2, -0.15) is 0 Å². The molecule has 0 bridgehead atoms. The van der Waals surface area contributed by atoms with Crippen molar-refractivity contribution in [3.8, 4) is 0 Å². The van der Waals surface area contributed by atoms with E-state index >= 15 is 0 Å². The molecule has 2 aromatic rings. The maximum Gasteiger partial charge on any atom is 0.0797 e. The summed E-state index contributed by atoms with van der Waals surface area (Å²) >= 11 is -3.29. The monoisotopic (exact) mass is 429 g/mol. The van der Waals surface area contributed by atoms with Gasteiger partial charge in [-0.05, 0) is 25.7 Å². The van der Waals surface area contributed by atoms with E-state index in [9.17, 15) is 12.6 Å². The van der Waals surface area contributed by atoms with Gasteiger partial charge in [0.05, 0.1) is 11.2 Å². The summed E-state index contributed by atoms with van der Waals surface area (Å²) in [5.41, 5.74) is 8.85. The molecule has 0 aliphatic heterocycles. The molecule has 0 fully saturated rings. The Balaban J connectivity index is 0.000000208. The number of amides is 1. The molecule has 5 N–H and O–H groups in total. The Morgan fingerprint density at radius 1 is 1.40 bits per heavy atom. The van der Waals surface area contributed by atoms with Crippen LogP contribution in [0.25, 0.3) is 0 Å². The van der Waals surface area contributed by atoms with Crippen molar-refractivity contribution < 1.29 is 21.8 Å². The van der Waals surface area contributed by atoms with E-state index in [0.717, 1.165) is 0 Å². The molecule has 25 heavy (non-hydrogen) atoms. The van der Waals surface area contributed by atoms with Crippen molar-refractivity contribution in [2.24, 2.45) is 0 Å². The second-order valence-electron chi connectivity index (χ2n) is 5.46. The summed E-state index contributed by atoms with van der Waals surface area (Å²) in [6.45, 7) is 1.24. The van der Waals surface area contributed by atoms with Gasteiger partial charge in [0.1, 0.15) is 0 Å². The van der Waals surface area contributed by atoms with E-state index in [2.05, 4.69) is 14.2 Å². The van der Waals surface area contributed by atoms with Crippen LogP contribution in [0.4, 0.5) is 11.4 Å². The predicted octanol–water partition coefficient (Wildman–Crippen LogP) is 1.31. The van der Waals surface area contributed by atoms with Crippen molar-refractivity contribution in [3.63, 3.8) is 0 Å². The maximum atomic E-state index is 11.5. The number of nitrogens with two attached hydrogens (primary N) is 1. The summed E-state index contributed by atoms with van der Waals surface area (Å²) in [4.78, 5) is 16.7. The molecule has 10 heteroatoms. The van der Waals surface area contributed by atoms with E-state index in [4.69, 9.17) is 11.0 Å². The molecule has 1 aliphatic rings. The Morgan fingerprint density at radius 2 is 2.12 bits per heavy atom. The van der Waals surface area contributed by atoms with Gasteiger partial charge in [0.25, 0.3) is 0 Å². The molecule has 1 aliphatic carbocycles. The van der Waals surface area contributed by atoms with Crippen LogP contribution in [0.15, 0.2) is 23.7 Å². The van der Waals surface area contributed by atoms with Crippen molar-refractivity contribution >= 4 is 47.1 Å². The zero-order chi connectivity index (χ0) is 18.4. The second kappa shape index (κ2) is 8.64. The van der Waals surface area contributed by atoms with Crippen molar-refractivity contribution in [2.75, 3.05) is 11.1 Å². The van der Waals surface area contributed by atoms with Gasteiger partial charge in [-0.1, -0.05) is 0 Å². The zero-order valence-corrected chi connectivity index (χ0v) is 16.3. The summed E-state index contributed by atoms with van der Waals surface area (Å²) in [6.07, 6.45) is 5.21. The fraction of sp³-hybridized carbons (Fsp3) is 0.333. The van der Waals surface area contributed by atoms with E-state index in [1.165, 1.54) is 61.4 Å². The molecule has 1 amide bonds. The molecule has 0 radical (unpaired) electrons. The third kappa shape index (κ3) is 5.16. The number of hydrogen-bond acceptors (Lipinski definition) is 7. The zero-order valence-electron chi connectivity index (χ0n) is 13.6. The summed E-state index contributed by atoms with van der Waals surface area (Å²) in [5, 5.41) is 10.7. The first-order valence-electron chi connectivity index (χ1n) is 7.59. The number of aryl methyl sites for hydroxylation is 2. The molecule has 1 heterocycles. The molecule has 1 atom stereocenters. The number of hydrogen-bond donors (Lipinski definition) is 4. The normalized spacial score (nSPS) is 15.3. The van der Waals surface area contributed by atoms with Crippen LogP contribution in [0.5, 0.6) is 0 Å². The summed E-state index contributed by atoms with van der Waals surface area (Å²) in [6, 6.07) is 4.25. The Morgan fingerprint density at radius 3 is 2.76 bits per heavy atom.